The first-order chi connectivity index (χ1) is 7.93. The zero-order chi connectivity index (χ0) is 12.9. The van der Waals surface area contributed by atoms with Crippen LogP contribution in [-0.2, 0) is 4.74 Å². The van der Waals surface area contributed by atoms with Crippen molar-refractivity contribution in [1.82, 2.24) is 5.32 Å². The quantitative estimate of drug-likeness (QED) is 0.778. The number of rotatable bonds is 5. The van der Waals surface area contributed by atoms with Gasteiger partial charge < -0.3 is 15.2 Å². The molecule has 1 rings (SSSR count). The van der Waals surface area contributed by atoms with Gasteiger partial charge in [0.25, 0.3) is 0 Å². The molecule has 0 saturated heterocycles. The predicted molar refractivity (Wildman–Crippen MR) is 71.1 cm³/mol. The maximum absolute atomic E-state index is 9.57. The average Bonchev–Trinajstić information content (AvgIpc) is 2.26. The molecule has 0 amide bonds. The zero-order valence-corrected chi connectivity index (χ0v) is 11.8. The summed E-state index contributed by atoms with van der Waals surface area (Å²) >= 11 is 0. The monoisotopic (exact) mass is 243 g/mol. The van der Waals surface area contributed by atoms with Crippen molar-refractivity contribution in [1.29, 1.82) is 0 Å². The van der Waals surface area contributed by atoms with E-state index < -0.39 is 0 Å². The standard InChI is InChI=1S/C14H29NO2/c1-14(2,3)11-5-7-12(8-6-11)15-9-13(16)10-17-4/h11-13,15-16H,5-10H2,1-4H3. The van der Waals surface area contributed by atoms with Crippen LogP contribution in [0.25, 0.3) is 0 Å². The summed E-state index contributed by atoms with van der Waals surface area (Å²) in [5.41, 5.74) is 0.445. The smallest absolute Gasteiger partial charge is 0.0897 e. The van der Waals surface area contributed by atoms with Crippen LogP contribution in [0.2, 0.25) is 0 Å². The van der Waals surface area contributed by atoms with Gasteiger partial charge in [0.05, 0.1) is 12.7 Å². The lowest BCUT2D eigenvalue weighted by atomic mass is 9.71. The fourth-order valence-electron chi connectivity index (χ4n) is 2.72. The molecule has 2 N–H and O–H groups in total. The maximum Gasteiger partial charge on any atom is 0.0897 e. The Morgan fingerprint density at radius 2 is 1.82 bits per heavy atom. The second kappa shape index (κ2) is 6.72. The number of methoxy groups -OCH3 is 1. The fraction of sp³-hybridized carbons (Fsp3) is 1.00. The van der Waals surface area contributed by atoms with Crippen LogP contribution in [0.15, 0.2) is 0 Å². The molecule has 1 saturated carbocycles. The average molecular weight is 243 g/mol. The minimum atomic E-state index is -0.375. The van der Waals surface area contributed by atoms with Gasteiger partial charge >= 0.3 is 0 Å². The molecule has 0 bridgehead atoms. The van der Waals surface area contributed by atoms with Crippen LogP contribution in [0.4, 0.5) is 0 Å². The van der Waals surface area contributed by atoms with E-state index in [1.807, 2.05) is 0 Å². The van der Waals surface area contributed by atoms with E-state index in [0.717, 1.165) is 5.92 Å². The summed E-state index contributed by atoms with van der Waals surface area (Å²) in [6, 6.07) is 0.583. The van der Waals surface area contributed by atoms with E-state index in [1.165, 1.54) is 25.7 Å². The van der Waals surface area contributed by atoms with Crippen molar-refractivity contribution in [3.8, 4) is 0 Å². The lowest BCUT2D eigenvalue weighted by Gasteiger charge is -2.37. The van der Waals surface area contributed by atoms with Gasteiger partial charge in [0.1, 0.15) is 0 Å². The van der Waals surface area contributed by atoms with Gasteiger partial charge in [-0.05, 0) is 37.0 Å². The summed E-state index contributed by atoms with van der Waals surface area (Å²) in [6.07, 6.45) is 4.71. The Hall–Kier alpha value is -0.120. The van der Waals surface area contributed by atoms with E-state index in [-0.39, 0.29) is 6.10 Å². The highest BCUT2D eigenvalue weighted by molar-refractivity contribution is 4.83. The molecule has 3 heteroatoms. The van der Waals surface area contributed by atoms with Gasteiger partial charge in [0, 0.05) is 19.7 Å². The Morgan fingerprint density at radius 3 is 2.29 bits per heavy atom. The number of ether oxygens (including phenoxy) is 1. The fourth-order valence-corrected chi connectivity index (χ4v) is 2.72. The van der Waals surface area contributed by atoms with Gasteiger partial charge in [-0.15, -0.1) is 0 Å². The summed E-state index contributed by atoms with van der Waals surface area (Å²) in [5, 5.41) is 13.0. The SMILES string of the molecule is COCC(O)CNC1CCC(C(C)(C)C)CC1. The first kappa shape index (κ1) is 14.9. The summed E-state index contributed by atoms with van der Waals surface area (Å²) in [6.45, 7) is 8.10. The second-order valence-corrected chi connectivity index (χ2v) is 6.43. The van der Waals surface area contributed by atoms with E-state index >= 15 is 0 Å². The maximum atomic E-state index is 9.57. The van der Waals surface area contributed by atoms with Gasteiger partial charge in [0.2, 0.25) is 0 Å². The van der Waals surface area contributed by atoms with Gasteiger partial charge in [-0.2, -0.15) is 0 Å². The summed E-state index contributed by atoms with van der Waals surface area (Å²) < 4.78 is 4.92. The highest BCUT2D eigenvalue weighted by atomic mass is 16.5. The van der Waals surface area contributed by atoms with E-state index in [4.69, 9.17) is 4.74 Å². The molecule has 1 fully saturated rings. The van der Waals surface area contributed by atoms with Crippen LogP contribution in [0.5, 0.6) is 0 Å². The molecular weight excluding hydrogens is 214 g/mol. The number of hydrogen-bond acceptors (Lipinski definition) is 3. The lowest BCUT2D eigenvalue weighted by Crippen LogP contribution is -2.40. The number of aliphatic hydroxyl groups is 1. The van der Waals surface area contributed by atoms with E-state index in [9.17, 15) is 5.11 Å². The first-order valence-electron chi connectivity index (χ1n) is 6.84. The third-order valence-electron chi connectivity index (χ3n) is 3.95. The Labute approximate surface area is 106 Å². The van der Waals surface area contributed by atoms with Crippen LogP contribution in [0.3, 0.4) is 0 Å². The van der Waals surface area contributed by atoms with E-state index in [0.29, 0.717) is 24.6 Å². The van der Waals surface area contributed by atoms with E-state index in [2.05, 4.69) is 26.1 Å². The van der Waals surface area contributed by atoms with Crippen molar-refractivity contribution in [2.75, 3.05) is 20.3 Å². The molecule has 0 spiro atoms. The highest BCUT2D eigenvalue weighted by Crippen LogP contribution is 2.37. The number of hydrogen-bond donors (Lipinski definition) is 2. The number of nitrogens with one attached hydrogen (secondary N) is 1. The van der Waals surface area contributed by atoms with Crippen molar-refractivity contribution in [2.45, 2.75) is 58.6 Å². The van der Waals surface area contributed by atoms with Crippen LogP contribution in [-0.4, -0.2) is 37.5 Å². The first-order valence-corrected chi connectivity index (χ1v) is 6.84. The van der Waals surface area contributed by atoms with Gasteiger partial charge in [-0.1, -0.05) is 20.8 Å². The van der Waals surface area contributed by atoms with Crippen LogP contribution < -0.4 is 5.32 Å². The molecule has 102 valence electrons. The Kier molecular flexibility index (Phi) is 5.90. The van der Waals surface area contributed by atoms with Crippen molar-refractivity contribution >= 4 is 0 Å². The summed E-state index contributed by atoms with van der Waals surface area (Å²) in [5.74, 6) is 0.851. The molecule has 17 heavy (non-hydrogen) atoms. The van der Waals surface area contributed by atoms with Crippen LogP contribution in [0.1, 0.15) is 46.5 Å². The van der Waals surface area contributed by atoms with Crippen LogP contribution >= 0.6 is 0 Å². The predicted octanol–water partition coefficient (Wildman–Crippen LogP) is 2.19. The Balaban J connectivity index is 2.19. The highest BCUT2D eigenvalue weighted by Gasteiger charge is 2.29. The normalized spacial score (nSPS) is 28.1. The van der Waals surface area contributed by atoms with Gasteiger partial charge in [-0.3, -0.25) is 0 Å². The minimum Gasteiger partial charge on any atom is -0.389 e. The third kappa shape index (κ3) is 5.36. The zero-order valence-electron chi connectivity index (χ0n) is 11.8. The molecule has 0 aromatic heterocycles. The molecule has 0 aromatic carbocycles. The molecule has 1 atom stereocenters. The summed E-state index contributed by atoms with van der Waals surface area (Å²) in [7, 11) is 1.62. The van der Waals surface area contributed by atoms with Crippen molar-refractivity contribution in [3.63, 3.8) is 0 Å². The molecule has 1 aliphatic rings. The lowest BCUT2D eigenvalue weighted by molar-refractivity contribution is 0.0598. The van der Waals surface area contributed by atoms with E-state index in [1.54, 1.807) is 7.11 Å². The minimum absolute atomic E-state index is 0.375. The van der Waals surface area contributed by atoms with Gasteiger partial charge in [-0.25, -0.2) is 0 Å². The topological polar surface area (TPSA) is 41.5 Å². The molecule has 0 aliphatic heterocycles. The van der Waals surface area contributed by atoms with Crippen LogP contribution in [0, 0.1) is 11.3 Å². The molecular formula is C14H29NO2. The molecule has 3 nitrogen and oxygen atoms in total. The molecule has 0 heterocycles. The second-order valence-electron chi connectivity index (χ2n) is 6.43. The molecule has 0 aromatic rings. The largest absolute Gasteiger partial charge is 0.389 e. The third-order valence-corrected chi connectivity index (χ3v) is 3.95. The molecule has 1 aliphatic carbocycles. The van der Waals surface area contributed by atoms with Crippen molar-refractivity contribution < 1.29 is 9.84 Å². The summed E-state index contributed by atoms with van der Waals surface area (Å²) in [4.78, 5) is 0. The Bertz CT molecular complexity index is 205. The number of aliphatic hydroxyl groups excluding tert-OH is 1. The Morgan fingerprint density at radius 1 is 1.24 bits per heavy atom. The van der Waals surface area contributed by atoms with Gasteiger partial charge in [0.15, 0.2) is 0 Å². The molecule has 1 unspecified atom stereocenters. The van der Waals surface area contributed by atoms with Crippen molar-refractivity contribution in [2.24, 2.45) is 11.3 Å². The molecule has 0 radical (unpaired) electrons. The van der Waals surface area contributed by atoms with Crippen molar-refractivity contribution in [3.05, 3.63) is 0 Å².